The van der Waals surface area contributed by atoms with Crippen LogP contribution in [0.3, 0.4) is 0 Å². The zero-order valence-corrected chi connectivity index (χ0v) is 13.6. The van der Waals surface area contributed by atoms with Gasteiger partial charge in [-0.3, -0.25) is 0 Å². The molecule has 0 aliphatic carbocycles. The maximum absolute atomic E-state index is 13.3. The molecule has 0 aliphatic rings. The number of pyridine rings is 1. The maximum Gasteiger partial charge on any atom is 0.434 e. The van der Waals surface area contributed by atoms with E-state index in [2.05, 4.69) is 4.98 Å². The summed E-state index contributed by atoms with van der Waals surface area (Å²) in [5.41, 5.74) is -0.626. The SMILES string of the molecule is Cc1ccc(-c2cc(CC(C)C)c(C(=O)[O-])c(C(F)(F)F)n2)cc1. The lowest BCUT2D eigenvalue weighted by Gasteiger charge is -2.19. The fourth-order valence-corrected chi connectivity index (χ4v) is 2.50. The van der Waals surface area contributed by atoms with Gasteiger partial charge in [-0.15, -0.1) is 0 Å². The third-order valence-electron chi connectivity index (χ3n) is 3.55. The van der Waals surface area contributed by atoms with Crippen LogP contribution in [0.5, 0.6) is 0 Å². The molecule has 0 saturated heterocycles. The van der Waals surface area contributed by atoms with E-state index >= 15 is 0 Å². The van der Waals surface area contributed by atoms with Crippen LogP contribution in [0, 0.1) is 12.8 Å². The van der Waals surface area contributed by atoms with E-state index in [1.165, 1.54) is 6.07 Å². The summed E-state index contributed by atoms with van der Waals surface area (Å²) in [5.74, 6) is -1.88. The molecule has 0 bridgehead atoms. The van der Waals surface area contributed by atoms with Crippen molar-refractivity contribution in [2.45, 2.75) is 33.4 Å². The number of aryl methyl sites for hydroxylation is 1. The van der Waals surface area contributed by atoms with Gasteiger partial charge in [0.25, 0.3) is 0 Å². The number of alkyl halides is 3. The van der Waals surface area contributed by atoms with Crippen molar-refractivity contribution in [2.24, 2.45) is 5.92 Å². The summed E-state index contributed by atoms with van der Waals surface area (Å²) >= 11 is 0. The second kappa shape index (κ2) is 6.63. The first-order valence-corrected chi connectivity index (χ1v) is 7.49. The normalized spacial score (nSPS) is 11.8. The quantitative estimate of drug-likeness (QED) is 0.856. The van der Waals surface area contributed by atoms with Crippen LogP contribution in [0.1, 0.15) is 41.0 Å². The Morgan fingerprint density at radius 1 is 1.21 bits per heavy atom. The molecule has 0 aliphatic heterocycles. The number of halogens is 3. The van der Waals surface area contributed by atoms with Crippen molar-refractivity contribution in [3.63, 3.8) is 0 Å². The molecule has 1 aromatic carbocycles. The van der Waals surface area contributed by atoms with Crippen molar-refractivity contribution in [3.8, 4) is 11.3 Å². The van der Waals surface area contributed by atoms with Crippen molar-refractivity contribution in [2.75, 3.05) is 0 Å². The highest BCUT2D eigenvalue weighted by Gasteiger charge is 2.37. The van der Waals surface area contributed by atoms with E-state index in [-0.39, 0.29) is 23.6 Å². The van der Waals surface area contributed by atoms with Gasteiger partial charge in [0, 0.05) is 11.1 Å². The Kier molecular flexibility index (Phi) is 4.96. The average molecular weight is 336 g/mol. The topological polar surface area (TPSA) is 53.0 Å². The Balaban J connectivity index is 2.74. The zero-order valence-electron chi connectivity index (χ0n) is 13.6. The van der Waals surface area contributed by atoms with E-state index in [4.69, 9.17) is 0 Å². The molecule has 0 spiro atoms. The molecule has 0 amide bonds. The predicted molar refractivity (Wildman–Crippen MR) is 82.3 cm³/mol. The van der Waals surface area contributed by atoms with Gasteiger partial charge in [0.1, 0.15) is 0 Å². The lowest BCUT2D eigenvalue weighted by molar-refractivity contribution is -0.256. The molecular formula is C18H17F3NO2-. The zero-order chi connectivity index (χ0) is 18.1. The summed E-state index contributed by atoms with van der Waals surface area (Å²) in [5, 5.41) is 11.3. The average Bonchev–Trinajstić information content (AvgIpc) is 2.45. The van der Waals surface area contributed by atoms with Gasteiger partial charge in [-0.25, -0.2) is 4.98 Å². The number of aromatic nitrogens is 1. The Bertz CT molecular complexity index is 750. The molecule has 0 unspecified atom stereocenters. The summed E-state index contributed by atoms with van der Waals surface area (Å²) in [6, 6.07) is 8.26. The minimum atomic E-state index is -4.87. The summed E-state index contributed by atoms with van der Waals surface area (Å²) in [6.45, 7) is 5.47. The van der Waals surface area contributed by atoms with Crippen LogP contribution in [0.25, 0.3) is 11.3 Å². The molecule has 0 N–H and O–H groups in total. The van der Waals surface area contributed by atoms with Crippen LogP contribution >= 0.6 is 0 Å². The fraction of sp³-hybridized carbons (Fsp3) is 0.333. The van der Waals surface area contributed by atoms with Crippen LogP contribution in [0.15, 0.2) is 30.3 Å². The minimum absolute atomic E-state index is 0.0162. The molecule has 24 heavy (non-hydrogen) atoms. The van der Waals surface area contributed by atoms with Crippen LogP contribution in [-0.2, 0) is 12.6 Å². The van der Waals surface area contributed by atoms with Crippen molar-refractivity contribution >= 4 is 5.97 Å². The largest absolute Gasteiger partial charge is 0.545 e. The molecule has 1 heterocycles. The van der Waals surface area contributed by atoms with E-state index in [9.17, 15) is 23.1 Å². The first-order chi connectivity index (χ1) is 11.1. The number of hydrogen-bond acceptors (Lipinski definition) is 3. The standard InChI is InChI=1S/C18H18F3NO2/c1-10(2)8-13-9-14(12-6-4-11(3)5-7-12)22-16(18(19,20)21)15(13)17(23)24/h4-7,9-10H,8H2,1-3H3,(H,23,24)/p-1. The highest BCUT2D eigenvalue weighted by molar-refractivity contribution is 5.90. The molecule has 6 heteroatoms. The number of carbonyl (C=O) groups is 1. The summed E-state index contributed by atoms with van der Waals surface area (Å²) < 4.78 is 40.0. The molecule has 0 atom stereocenters. The Labute approximate surface area is 138 Å². The number of benzene rings is 1. The first kappa shape index (κ1) is 18.0. The first-order valence-electron chi connectivity index (χ1n) is 7.49. The third-order valence-corrected chi connectivity index (χ3v) is 3.55. The summed E-state index contributed by atoms with van der Waals surface area (Å²) in [7, 11) is 0. The number of nitrogens with zero attached hydrogens (tertiary/aromatic N) is 1. The van der Waals surface area contributed by atoms with Crippen molar-refractivity contribution in [3.05, 3.63) is 52.7 Å². The lowest BCUT2D eigenvalue weighted by atomic mass is 9.94. The summed E-state index contributed by atoms with van der Waals surface area (Å²) in [4.78, 5) is 14.9. The molecule has 0 radical (unpaired) electrons. The van der Waals surface area contributed by atoms with Gasteiger partial charge in [0.2, 0.25) is 0 Å². The summed E-state index contributed by atoms with van der Waals surface area (Å²) in [6.07, 6.45) is -4.68. The van der Waals surface area contributed by atoms with Gasteiger partial charge in [0.15, 0.2) is 5.69 Å². The van der Waals surface area contributed by atoms with Gasteiger partial charge in [-0.2, -0.15) is 13.2 Å². The van der Waals surface area contributed by atoms with Gasteiger partial charge < -0.3 is 9.90 Å². The number of carbonyl (C=O) groups excluding carboxylic acids is 1. The number of rotatable bonds is 4. The van der Waals surface area contributed by atoms with Crippen LogP contribution in [-0.4, -0.2) is 11.0 Å². The lowest BCUT2D eigenvalue weighted by Crippen LogP contribution is -2.29. The number of carboxylic acids is 1. The molecule has 1 aromatic heterocycles. The van der Waals surface area contributed by atoms with Crippen LogP contribution in [0.4, 0.5) is 13.2 Å². The smallest absolute Gasteiger partial charge is 0.434 e. The van der Waals surface area contributed by atoms with Gasteiger partial charge in [-0.05, 0) is 30.9 Å². The van der Waals surface area contributed by atoms with Crippen molar-refractivity contribution in [1.82, 2.24) is 4.98 Å². The molecule has 128 valence electrons. The Morgan fingerprint density at radius 2 is 1.79 bits per heavy atom. The van der Waals surface area contributed by atoms with Crippen molar-refractivity contribution < 1.29 is 23.1 Å². The monoisotopic (exact) mass is 336 g/mol. The molecular weight excluding hydrogens is 319 g/mol. The fourth-order valence-electron chi connectivity index (χ4n) is 2.50. The Morgan fingerprint density at radius 3 is 2.25 bits per heavy atom. The van der Waals surface area contributed by atoms with E-state index in [0.29, 0.717) is 5.56 Å². The van der Waals surface area contributed by atoms with Crippen molar-refractivity contribution in [1.29, 1.82) is 0 Å². The van der Waals surface area contributed by atoms with Gasteiger partial charge in [-0.1, -0.05) is 43.7 Å². The molecule has 2 aromatic rings. The second-order valence-corrected chi connectivity index (χ2v) is 6.14. The molecule has 0 saturated carbocycles. The number of aromatic carboxylic acids is 1. The Hall–Kier alpha value is -2.37. The van der Waals surface area contributed by atoms with E-state index in [1.54, 1.807) is 38.1 Å². The van der Waals surface area contributed by atoms with Gasteiger partial charge in [0.05, 0.1) is 11.7 Å². The molecule has 3 nitrogen and oxygen atoms in total. The molecule has 2 rings (SSSR count). The highest BCUT2D eigenvalue weighted by Crippen LogP contribution is 2.35. The second-order valence-electron chi connectivity index (χ2n) is 6.14. The third kappa shape index (κ3) is 3.93. The van der Waals surface area contributed by atoms with Crippen LogP contribution < -0.4 is 5.11 Å². The molecule has 0 fully saturated rings. The van der Waals surface area contributed by atoms with Crippen LogP contribution in [0.2, 0.25) is 0 Å². The highest BCUT2D eigenvalue weighted by atomic mass is 19.4. The van der Waals surface area contributed by atoms with Gasteiger partial charge >= 0.3 is 6.18 Å². The number of hydrogen-bond donors (Lipinski definition) is 0. The van der Waals surface area contributed by atoms with E-state index in [0.717, 1.165) is 5.56 Å². The minimum Gasteiger partial charge on any atom is -0.545 e. The van der Waals surface area contributed by atoms with E-state index < -0.39 is 23.4 Å². The number of carboxylic acid groups (broad SMARTS) is 1. The van der Waals surface area contributed by atoms with E-state index in [1.807, 2.05) is 6.92 Å². The predicted octanol–water partition coefficient (Wildman–Crippen LogP) is 3.64. The maximum atomic E-state index is 13.3.